The molecule has 1 aliphatic carbocycles. The van der Waals surface area contributed by atoms with E-state index < -0.39 is 0 Å². The minimum atomic E-state index is 0.662. The fraction of sp³-hybridized carbons (Fsp3) is 0.750. The van der Waals surface area contributed by atoms with Crippen LogP contribution < -0.4 is 5.73 Å². The first-order valence-corrected chi connectivity index (χ1v) is 4.59. The normalized spacial score (nSPS) is 24.2. The van der Waals surface area contributed by atoms with Gasteiger partial charge in [-0.15, -0.1) is 9.24 Å². The minimum Gasteiger partial charge on any atom is -0.402 e. The molecule has 0 saturated carbocycles. The Bertz CT molecular complexity index is 129. The zero-order valence-corrected chi connectivity index (χ0v) is 8.30. The van der Waals surface area contributed by atoms with Crippen LogP contribution in [-0.2, 0) is 0 Å². The van der Waals surface area contributed by atoms with E-state index in [0.29, 0.717) is 5.66 Å². The van der Waals surface area contributed by atoms with Crippen molar-refractivity contribution < 1.29 is 0 Å². The second-order valence-electron chi connectivity index (χ2n) is 2.35. The van der Waals surface area contributed by atoms with Crippen LogP contribution in [-0.4, -0.2) is 5.66 Å². The molecule has 0 aliphatic heterocycles. The second-order valence-corrected chi connectivity index (χ2v) is 3.16. The van der Waals surface area contributed by atoms with Gasteiger partial charge in [0, 0.05) is 5.70 Å². The highest BCUT2D eigenvalue weighted by atomic mass is 31.0. The van der Waals surface area contributed by atoms with Gasteiger partial charge in [0.2, 0.25) is 0 Å². The summed E-state index contributed by atoms with van der Waals surface area (Å²) < 4.78 is 0. The van der Waals surface area contributed by atoms with Crippen LogP contribution in [0.15, 0.2) is 11.3 Å². The van der Waals surface area contributed by atoms with Crippen LogP contribution in [0.3, 0.4) is 0 Å². The molecule has 60 valence electrons. The predicted octanol–water partition coefficient (Wildman–Crippen LogP) is 2.28. The molecule has 0 bridgehead atoms. The van der Waals surface area contributed by atoms with Gasteiger partial charge in [-0.3, -0.25) is 0 Å². The van der Waals surface area contributed by atoms with E-state index in [-0.39, 0.29) is 0 Å². The van der Waals surface area contributed by atoms with E-state index in [1.54, 1.807) is 0 Å². The lowest BCUT2D eigenvalue weighted by Crippen LogP contribution is -1.95. The quantitative estimate of drug-likeness (QED) is 0.539. The lowest BCUT2D eigenvalue weighted by molar-refractivity contribution is 0.903. The summed E-state index contributed by atoms with van der Waals surface area (Å²) in [7, 11) is 2.80. The lowest BCUT2D eigenvalue weighted by Gasteiger charge is -1.99. The van der Waals surface area contributed by atoms with E-state index in [0.717, 1.165) is 12.1 Å². The first-order valence-electron chi connectivity index (χ1n) is 3.92. The summed E-state index contributed by atoms with van der Waals surface area (Å²) >= 11 is 0. The Labute approximate surface area is 66.3 Å². The molecule has 0 amide bonds. The van der Waals surface area contributed by atoms with Crippen LogP contribution in [0.4, 0.5) is 0 Å². The Kier molecular flexibility index (Phi) is 4.72. The molecule has 0 fully saturated rings. The Morgan fingerprint density at radius 3 is 2.10 bits per heavy atom. The Hall–Kier alpha value is -0.0300. The number of rotatable bonds is 0. The highest BCUT2D eigenvalue weighted by Crippen LogP contribution is 2.28. The van der Waals surface area contributed by atoms with Crippen molar-refractivity contribution in [2.24, 2.45) is 5.73 Å². The van der Waals surface area contributed by atoms with E-state index in [9.17, 15) is 0 Å². The molecule has 2 atom stereocenters. The number of nitrogens with two attached hydrogens (primary N) is 1. The standard InChI is InChI=1S/C6H12NP.C2H6/c1-4-5(7)2-3-6(4)8;1-2/h6H,2-3,7-8H2,1H3;1-2H3. The van der Waals surface area contributed by atoms with E-state index >= 15 is 0 Å². The zero-order valence-electron chi connectivity index (χ0n) is 7.15. The van der Waals surface area contributed by atoms with Crippen molar-refractivity contribution in [2.75, 3.05) is 0 Å². The first-order chi connectivity index (χ1) is 4.72. The Morgan fingerprint density at radius 1 is 1.50 bits per heavy atom. The fourth-order valence-electron chi connectivity index (χ4n) is 0.963. The maximum absolute atomic E-state index is 5.63. The molecule has 1 nitrogen and oxygen atoms in total. The molecule has 1 aliphatic rings. The molecule has 0 aromatic carbocycles. The molecule has 0 aromatic rings. The van der Waals surface area contributed by atoms with Crippen LogP contribution in [0.5, 0.6) is 0 Å². The van der Waals surface area contributed by atoms with Crippen LogP contribution in [0.25, 0.3) is 0 Å². The smallest absolute Gasteiger partial charge is 0.00761 e. The highest BCUT2D eigenvalue weighted by molar-refractivity contribution is 7.18. The highest BCUT2D eigenvalue weighted by Gasteiger charge is 2.14. The summed E-state index contributed by atoms with van der Waals surface area (Å²) in [5.74, 6) is 0. The van der Waals surface area contributed by atoms with Crippen molar-refractivity contribution in [3.05, 3.63) is 11.3 Å². The van der Waals surface area contributed by atoms with Gasteiger partial charge in [0.1, 0.15) is 0 Å². The molecule has 0 saturated heterocycles. The molecule has 0 heterocycles. The molecule has 2 N–H and O–H groups in total. The number of allylic oxidation sites excluding steroid dienone is 2. The topological polar surface area (TPSA) is 26.0 Å². The third-order valence-electron chi connectivity index (χ3n) is 1.79. The minimum absolute atomic E-state index is 0.662. The van der Waals surface area contributed by atoms with Crippen molar-refractivity contribution in [3.8, 4) is 0 Å². The second kappa shape index (κ2) is 4.73. The van der Waals surface area contributed by atoms with Gasteiger partial charge in [0.05, 0.1) is 0 Å². The molecule has 0 aromatic heterocycles. The van der Waals surface area contributed by atoms with Gasteiger partial charge >= 0.3 is 0 Å². The van der Waals surface area contributed by atoms with E-state index in [4.69, 9.17) is 5.73 Å². The van der Waals surface area contributed by atoms with E-state index in [2.05, 4.69) is 16.2 Å². The third kappa shape index (κ3) is 2.30. The van der Waals surface area contributed by atoms with Crippen LogP contribution in [0, 0.1) is 0 Å². The van der Waals surface area contributed by atoms with Crippen LogP contribution >= 0.6 is 9.24 Å². The first kappa shape index (κ1) is 9.97. The molecule has 2 unspecified atom stereocenters. The van der Waals surface area contributed by atoms with Gasteiger partial charge in [0.15, 0.2) is 0 Å². The third-order valence-corrected chi connectivity index (χ3v) is 2.62. The monoisotopic (exact) mass is 159 g/mol. The van der Waals surface area contributed by atoms with Crippen molar-refractivity contribution in [2.45, 2.75) is 39.3 Å². The van der Waals surface area contributed by atoms with Gasteiger partial charge < -0.3 is 5.73 Å². The summed E-state index contributed by atoms with van der Waals surface area (Å²) in [4.78, 5) is 0. The summed E-state index contributed by atoms with van der Waals surface area (Å²) in [6.07, 6.45) is 2.32. The van der Waals surface area contributed by atoms with Gasteiger partial charge in [-0.2, -0.15) is 0 Å². The summed E-state index contributed by atoms with van der Waals surface area (Å²) in [5, 5.41) is 0. The average molecular weight is 159 g/mol. The molecule has 10 heavy (non-hydrogen) atoms. The van der Waals surface area contributed by atoms with Gasteiger partial charge in [-0.25, -0.2) is 0 Å². The molecule has 1 rings (SSSR count). The fourth-order valence-corrected chi connectivity index (χ4v) is 1.34. The maximum atomic E-state index is 5.63. The van der Waals surface area contributed by atoms with Crippen molar-refractivity contribution in [1.29, 1.82) is 0 Å². The molecule has 0 radical (unpaired) electrons. The summed E-state index contributed by atoms with van der Waals surface area (Å²) in [6, 6.07) is 0. The zero-order chi connectivity index (χ0) is 8.15. The molecule has 2 heteroatoms. The Balaban J connectivity index is 0.000000371. The molecular weight excluding hydrogens is 141 g/mol. The van der Waals surface area contributed by atoms with Crippen molar-refractivity contribution in [3.63, 3.8) is 0 Å². The van der Waals surface area contributed by atoms with Crippen LogP contribution in [0.1, 0.15) is 33.6 Å². The van der Waals surface area contributed by atoms with E-state index in [1.807, 2.05) is 13.8 Å². The predicted molar refractivity (Wildman–Crippen MR) is 51.0 cm³/mol. The van der Waals surface area contributed by atoms with Crippen molar-refractivity contribution >= 4 is 9.24 Å². The molecular formula is C8H18NP. The van der Waals surface area contributed by atoms with Crippen molar-refractivity contribution in [1.82, 2.24) is 0 Å². The summed E-state index contributed by atoms with van der Waals surface area (Å²) in [5.41, 5.74) is 8.77. The van der Waals surface area contributed by atoms with Crippen LogP contribution in [0.2, 0.25) is 0 Å². The van der Waals surface area contributed by atoms with E-state index in [1.165, 1.54) is 12.0 Å². The van der Waals surface area contributed by atoms with Gasteiger partial charge in [-0.1, -0.05) is 13.8 Å². The number of hydrogen-bond donors (Lipinski definition) is 1. The Morgan fingerprint density at radius 2 is 2.00 bits per heavy atom. The van der Waals surface area contributed by atoms with Gasteiger partial charge in [0.25, 0.3) is 0 Å². The average Bonchev–Trinajstić information content (AvgIpc) is 2.25. The number of hydrogen-bond acceptors (Lipinski definition) is 1. The summed E-state index contributed by atoms with van der Waals surface area (Å²) in [6.45, 7) is 6.11. The lowest BCUT2D eigenvalue weighted by atomic mass is 10.2. The SMILES string of the molecule is CC.CC1=C(N)CCC1P. The largest absolute Gasteiger partial charge is 0.402 e. The molecule has 0 spiro atoms. The maximum Gasteiger partial charge on any atom is 0.00761 e. The van der Waals surface area contributed by atoms with Gasteiger partial charge in [-0.05, 0) is 31.0 Å².